The van der Waals surface area contributed by atoms with Gasteiger partial charge in [-0.25, -0.2) is 0 Å². The maximum absolute atomic E-state index is 11.9. The van der Waals surface area contributed by atoms with Gasteiger partial charge in [-0.1, -0.05) is 46.8 Å². The number of hydrogen-bond acceptors (Lipinski definition) is 8. The Morgan fingerprint density at radius 2 is 2.11 bits per heavy atom. The van der Waals surface area contributed by atoms with Crippen molar-refractivity contribution in [3.05, 3.63) is 69.2 Å². The Kier molecular flexibility index (Phi) is 6.28. The number of nitrogens with one attached hydrogen (secondary N) is 1. The van der Waals surface area contributed by atoms with Crippen LogP contribution in [0.15, 0.2) is 56.2 Å². The summed E-state index contributed by atoms with van der Waals surface area (Å²) >= 11 is 8.31. The highest BCUT2D eigenvalue weighted by atomic mass is 35.5. The molecule has 2 heterocycles. The third-order valence-electron chi connectivity index (χ3n) is 3.14. The van der Waals surface area contributed by atoms with Gasteiger partial charge < -0.3 is 9.52 Å². The summed E-state index contributed by atoms with van der Waals surface area (Å²) < 4.78 is 5.71. The summed E-state index contributed by atoms with van der Waals surface area (Å²) in [5, 5.41) is 20.6. The van der Waals surface area contributed by atoms with E-state index in [1.807, 2.05) is 0 Å². The Hall–Kier alpha value is -2.62. The first-order chi connectivity index (χ1) is 13.0. The van der Waals surface area contributed by atoms with E-state index in [9.17, 15) is 9.59 Å². The average Bonchev–Trinajstić information content (AvgIpc) is 3.09. The van der Waals surface area contributed by atoms with Crippen LogP contribution in [-0.4, -0.2) is 21.2 Å². The maximum Gasteiger partial charge on any atom is 0.250 e. The van der Waals surface area contributed by atoms with E-state index in [1.54, 1.807) is 30.3 Å². The van der Waals surface area contributed by atoms with Crippen molar-refractivity contribution >= 4 is 51.8 Å². The molecule has 0 aliphatic heterocycles. The summed E-state index contributed by atoms with van der Waals surface area (Å²) in [6.45, 7) is 0. The van der Waals surface area contributed by atoms with Crippen LogP contribution in [-0.2, 0) is 10.5 Å². The topological polar surface area (TPSA) is 105 Å². The van der Waals surface area contributed by atoms with Crippen molar-refractivity contribution in [3.63, 3.8) is 0 Å². The highest BCUT2D eigenvalue weighted by Gasteiger charge is 2.09. The van der Waals surface area contributed by atoms with Gasteiger partial charge >= 0.3 is 0 Å². The van der Waals surface area contributed by atoms with Crippen molar-refractivity contribution in [2.75, 3.05) is 5.32 Å². The van der Waals surface area contributed by atoms with E-state index in [4.69, 9.17) is 21.1 Å². The highest BCUT2D eigenvalue weighted by molar-refractivity contribution is 8.00. The van der Waals surface area contributed by atoms with Gasteiger partial charge in [-0.05, 0) is 23.8 Å². The zero-order valence-corrected chi connectivity index (χ0v) is 16.0. The summed E-state index contributed by atoms with van der Waals surface area (Å²) in [5.74, 6) is -0.0258. The van der Waals surface area contributed by atoms with Gasteiger partial charge in [0.2, 0.25) is 16.5 Å². The van der Waals surface area contributed by atoms with Gasteiger partial charge in [0.15, 0.2) is 10.1 Å². The largest absolute Gasteiger partial charge is 0.502 e. The van der Waals surface area contributed by atoms with Crippen LogP contribution < -0.4 is 10.7 Å². The molecule has 0 unspecified atom stereocenters. The molecule has 0 fully saturated rings. The van der Waals surface area contributed by atoms with Crippen LogP contribution in [0.3, 0.4) is 0 Å². The smallest absolute Gasteiger partial charge is 0.250 e. The summed E-state index contributed by atoms with van der Waals surface area (Å²) in [6.07, 6.45) is 4.05. The number of aromatic nitrogens is 2. The number of carbonyl (C=O) groups is 1. The first-order valence-electron chi connectivity index (χ1n) is 7.51. The third kappa shape index (κ3) is 5.68. The molecule has 0 spiro atoms. The zero-order valence-electron chi connectivity index (χ0n) is 13.6. The van der Waals surface area contributed by atoms with Crippen molar-refractivity contribution in [3.8, 4) is 5.75 Å². The lowest BCUT2D eigenvalue weighted by molar-refractivity contribution is -0.111. The number of nitrogens with zero attached hydrogens (tertiary/aromatic N) is 2. The van der Waals surface area contributed by atoms with Crippen LogP contribution in [0.2, 0.25) is 5.02 Å². The van der Waals surface area contributed by atoms with Crippen LogP contribution in [0.5, 0.6) is 5.75 Å². The van der Waals surface area contributed by atoms with Crippen molar-refractivity contribution in [2.24, 2.45) is 0 Å². The van der Waals surface area contributed by atoms with Crippen molar-refractivity contribution < 1.29 is 14.3 Å². The van der Waals surface area contributed by atoms with E-state index in [1.165, 1.54) is 35.2 Å². The van der Waals surface area contributed by atoms with Crippen molar-refractivity contribution in [1.82, 2.24) is 10.2 Å². The molecule has 0 saturated heterocycles. The van der Waals surface area contributed by atoms with Gasteiger partial charge in [0.05, 0.1) is 5.75 Å². The van der Waals surface area contributed by atoms with Crippen LogP contribution in [0.4, 0.5) is 5.13 Å². The second-order valence-electron chi connectivity index (χ2n) is 5.13. The highest BCUT2D eigenvalue weighted by Crippen LogP contribution is 2.28. The average molecular weight is 422 g/mol. The molecule has 2 aromatic heterocycles. The fourth-order valence-corrected chi connectivity index (χ4v) is 3.64. The molecule has 0 aliphatic carbocycles. The van der Waals surface area contributed by atoms with E-state index in [0.29, 0.717) is 26.0 Å². The number of aromatic hydroxyl groups is 1. The lowest BCUT2D eigenvalue weighted by Gasteiger charge is -1.97. The van der Waals surface area contributed by atoms with Crippen LogP contribution in [0.1, 0.15) is 11.3 Å². The van der Waals surface area contributed by atoms with Crippen LogP contribution >= 0.6 is 34.7 Å². The number of thioether (sulfide) groups is 1. The van der Waals surface area contributed by atoms with E-state index in [2.05, 4.69) is 15.5 Å². The number of halogens is 1. The Bertz CT molecular complexity index is 1030. The first-order valence-corrected chi connectivity index (χ1v) is 9.69. The minimum atomic E-state index is -0.505. The number of hydrogen-bond donors (Lipinski definition) is 2. The van der Waals surface area contributed by atoms with E-state index >= 15 is 0 Å². The van der Waals surface area contributed by atoms with Gasteiger partial charge in [-0.15, -0.1) is 10.2 Å². The molecule has 138 valence electrons. The fraction of sp³-hybridized carbons (Fsp3) is 0.0588. The van der Waals surface area contributed by atoms with Crippen molar-refractivity contribution in [2.45, 2.75) is 10.1 Å². The third-order valence-corrected chi connectivity index (χ3v) is 5.38. The standard InChI is InChI=1S/C17H12ClN3O4S2/c18-11-4-1-10(2-5-11)3-6-15(24)19-16-20-21-17(27-16)26-9-12-7-13(22)14(23)8-25-12/h1-8,23H,9H2,(H,19,20,24)/b6-3+. The van der Waals surface area contributed by atoms with Crippen molar-refractivity contribution in [1.29, 1.82) is 0 Å². The van der Waals surface area contributed by atoms with E-state index in [-0.39, 0.29) is 5.91 Å². The van der Waals surface area contributed by atoms with E-state index in [0.717, 1.165) is 11.8 Å². The predicted octanol–water partition coefficient (Wildman–Crippen LogP) is 3.79. The quantitative estimate of drug-likeness (QED) is 0.354. The molecule has 7 nitrogen and oxygen atoms in total. The van der Waals surface area contributed by atoms with Crippen LogP contribution in [0.25, 0.3) is 6.08 Å². The SMILES string of the molecule is O=C(/C=C/c1ccc(Cl)cc1)Nc1nnc(SCc2cc(=O)c(O)co2)s1. The van der Waals surface area contributed by atoms with Gasteiger partial charge in [-0.2, -0.15) is 0 Å². The summed E-state index contributed by atoms with van der Waals surface area (Å²) in [7, 11) is 0. The summed E-state index contributed by atoms with van der Waals surface area (Å²) in [6, 6.07) is 8.29. The van der Waals surface area contributed by atoms with Gasteiger partial charge in [0, 0.05) is 17.2 Å². The maximum atomic E-state index is 11.9. The molecule has 3 rings (SSSR count). The Morgan fingerprint density at radius 1 is 1.33 bits per heavy atom. The fourth-order valence-electron chi connectivity index (χ4n) is 1.86. The molecule has 0 radical (unpaired) electrons. The van der Waals surface area contributed by atoms with Gasteiger partial charge in [-0.3, -0.25) is 14.9 Å². The molecular formula is C17H12ClN3O4S2. The second kappa shape index (κ2) is 8.85. The second-order valence-corrected chi connectivity index (χ2v) is 7.77. The van der Waals surface area contributed by atoms with Crippen LogP contribution in [0, 0.1) is 0 Å². The Balaban J connectivity index is 1.53. The van der Waals surface area contributed by atoms with E-state index < -0.39 is 11.2 Å². The molecule has 0 saturated carbocycles. The summed E-state index contributed by atoms with van der Waals surface area (Å²) in [4.78, 5) is 23.3. The molecule has 2 N–H and O–H groups in total. The molecule has 0 atom stereocenters. The Labute approximate surface area is 166 Å². The molecule has 3 aromatic rings. The number of rotatable bonds is 6. The number of benzene rings is 1. The zero-order chi connectivity index (χ0) is 19.2. The Morgan fingerprint density at radius 3 is 2.85 bits per heavy atom. The monoisotopic (exact) mass is 421 g/mol. The lowest BCUT2D eigenvalue weighted by atomic mass is 10.2. The molecular weight excluding hydrogens is 410 g/mol. The molecule has 0 aliphatic rings. The lowest BCUT2D eigenvalue weighted by Crippen LogP contribution is -2.07. The van der Waals surface area contributed by atoms with Gasteiger partial charge in [0.25, 0.3) is 0 Å². The first kappa shape index (κ1) is 19.2. The molecule has 0 bridgehead atoms. The minimum Gasteiger partial charge on any atom is -0.502 e. The summed E-state index contributed by atoms with van der Waals surface area (Å²) in [5.41, 5.74) is 0.341. The van der Waals surface area contributed by atoms with Gasteiger partial charge in [0.1, 0.15) is 12.0 Å². The number of anilines is 1. The molecule has 1 amide bonds. The number of carbonyl (C=O) groups excluding carboxylic acids is 1. The molecule has 27 heavy (non-hydrogen) atoms. The minimum absolute atomic E-state index is 0.331. The molecule has 1 aromatic carbocycles. The normalized spacial score (nSPS) is 11.0. The predicted molar refractivity (Wildman–Crippen MR) is 105 cm³/mol. The number of amides is 1. The molecule has 10 heteroatoms.